The average Bonchev–Trinajstić information content (AvgIpc) is 2.78. The fourth-order valence-corrected chi connectivity index (χ4v) is 1.25. The molecule has 0 saturated heterocycles. The third-order valence-electron chi connectivity index (χ3n) is 2.11. The van der Waals surface area contributed by atoms with E-state index in [-0.39, 0.29) is 0 Å². The van der Waals surface area contributed by atoms with Gasteiger partial charge in [-0.05, 0) is 23.8 Å². The molecule has 2 rings (SSSR count). The van der Waals surface area contributed by atoms with Gasteiger partial charge in [0.25, 0.3) is 0 Å². The molecule has 0 fully saturated rings. The number of nitrogens with zero attached hydrogens (tertiary/aromatic N) is 2. The van der Waals surface area contributed by atoms with Crippen molar-refractivity contribution in [2.75, 3.05) is 0 Å². The van der Waals surface area contributed by atoms with Gasteiger partial charge in [0, 0.05) is 0 Å². The zero-order chi connectivity index (χ0) is 12.3. The van der Waals surface area contributed by atoms with E-state index in [1.54, 1.807) is 12.2 Å². The number of hydrogen-bond acceptors (Lipinski definition) is 2. The zero-order valence-electron chi connectivity index (χ0n) is 8.57. The van der Waals surface area contributed by atoms with Crippen LogP contribution in [0.5, 0.6) is 0 Å². The van der Waals surface area contributed by atoms with Crippen LogP contribution in [-0.2, 0) is 6.18 Å². The van der Waals surface area contributed by atoms with E-state index < -0.39 is 11.7 Å². The molecule has 0 spiro atoms. The van der Waals surface area contributed by atoms with Gasteiger partial charge in [0.15, 0.2) is 0 Å². The van der Waals surface area contributed by atoms with Crippen LogP contribution in [0.1, 0.15) is 17.0 Å². The second kappa shape index (κ2) is 4.40. The van der Waals surface area contributed by atoms with Crippen LogP contribution in [0.4, 0.5) is 13.2 Å². The van der Waals surface area contributed by atoms with E-state index in [0.717, 1.165) is 12.1 Å². The molecule has 1 aromatic carbocycles. The van der Waals surface area contributed by atoms with Crippen LogP contribution in [0, 0.1) is 0 Å². The van der Waals surface area contributed by atoms with Crippen LogP contribution in [0.3, 0.4) is 0 Å². The van der Waals surface area contributed by atoms with Gasteiger partial charge >= 0.3 is 6.18 Å². The number of halogens is 3. The molecule has 0 atom stereocenters. The Kier molecular flexibility index (Phi) is 2.95. The van der Waals surface area contributed by atoms with Crippen molar-refractivity contribution in [2.24, 2.45) is 0 Å². The molecule has 0 aliphatic carbocycles. The Hall–Kier alpha value is -2.11. The highest BCUT2D eigenvalue weighted by atomic mass is 19.4. The number of aromatic amines is 1. The minimum Gasteiger partial charge on any atom is -0.260 e. The molecule has 0 unspecified atom stereocenters. The number of H-pyrrole nitrogens is 1. The van der Waals surface area contributed by atoms with Crippen LogP contribution >= 0.6 is 0 Å². The Balaban J connectivity index is 2.14. The van der Waals surface area contributed by atoms with Crippen LogP contribution < -0.4 is 0 Å². The van der Waals surface area contributed by atoms with Gasteiger partial charge < -0.3 is 0 Å². The third kappa shape index (κ3) is 2.93. The molecule has 1 N–H and O–H groups in total. The minimum absolute atomic E-state index is 0.546. The predicted molar refractivity (Wildman–Crippen MR) is 56.8 cm³/mol. The molecule has 3 nitrogen and oxygen atoms in total. The summed E-state index contributed by atoms with van der Waals surface area (Å²) in [5.41, 5.74) is 0.00344. The summed E-state index contributed by atoms with van der Waals surface area (Å²) < 4.78 is 36.9. The van der Waals surface area contributed by atoms with Gasteiger partial charge in [-0.25, -0.2) is 4.98 Å². The first kappa shape index (κ1) is 11.4. The lowest BCUT2D eigenvalue weighted by molar-refractivity contribution is -0.137. The SMILES string of the molecule is FC(F)(F)c1ccc(/C=C/c2ncn[nH]2)cc1. The summed E-state index contributed by atoms with van der Waals surface area (Å²) in [6, 6.07) is 4.88. The van der Waals surface area contributed by atoms with Crippen LogP contribution in [0.15, 0.2) is 30.6 Å². The van der Waals surface area contributed by atoms with Crippen molar-refractivity contribution in [1.82, 2.24) is 15.2 Å². The number of alkyl halides is 3. The Morgan fingerprint density at radius 1 is 1.06 bits per heavy atom. The molecule has 2 aromatic rings. The summed E-state index contributed by atoms with van der Waals surface area (Å²) in [6.07, 6.45) is 0.343. The quantitative estimate of drug-likeness (QED) is 0.875. The molecule has 88 valence electrons. The monoisotopic (exact) mass is 239 g/mol. The number of nitrogens with one attached hydrogen (secondary N) is 1. The molecule has 17 heavy (non-hydrogen) atoms. The first-order valence-electron chi connectivity index (χ1n) is 4.76. The first-order chi connectivity index (χ1) is 8.05. The summed E-state index contributed by atoms with van der Waals surface area (Å²) in [7, 11) is 0. The Bertz CT molecular complexity index is 498. The molecule has 6 heteroatoms. The van der Waals surface area contributed by atoms with Gasteiger partial charge in [-0.15, -0.1) is 0 Å². The van der Waals surface area contributed by atoms with E-state index in [1.165, 1.54) is 18.5 Å². The van der Waals surface area contributed by atoms with Gasteiger partial charge in [0.05, 0.1) is 5.56 Å². The standard InChI is InChI=1S/C11H8F3N3/c12-11(13,14)9-4-1-8(2-5-9)3-6-10-15-7-16-17-10/h1-7H,(H,15,16,17)/b6-3+. The lowest BCUT2D eigenvalue weighted by Crippen LogP contribution is -2.03. The van der Waals surface area contributed by atoms with E-state index in [1.807, 2.05) is 0 Å². The molecular formula is C11H8F3N3. The molecule has 0 saturated carbocycles. The van der Waals surface area contributed by atoms with E-state index in [2.05, 4.69) is 15.2 Å². The molecule has 1 aromatic heterocycles. The maximum absolute atomic E-state index is 12.3. The lowest BCUT2D eigenvalue weighted by atomic mass is 10.1. The molecule has 0 aliphatic heterocycles. The largest absolute Gasteiger partial charge is 0.416 e. The van der Waals surface area contributed by atoms with Crippen molar-refractivity contribution >= 4 is 12.2 Å². The fraction of sp³-hybridized carbons (Fsp3) is 0.0909. The molecule has 0 radical (unpaired) electrons. The third-order valence-corrected chi connectivity index (χ3v) is 2.11. The second-order valence-electron chi connectivity index (χ2n) is 3.32. The molecule has 1 heterocycles. The van der Waals surface area contributed by atoms with E-state index in [9.17, 15) is 13.2 Å². The Morgan fingerprint density at radius 3 is 2.29 bits per heavy atom. The molecule has 0 bridgehead atoms. The summed E-state index contributed by atoms with van der Waals surface area (Å²) in [6.45, 7) is 0. The van der Waals surface area contributed by atoms with Crippen molar-refractivity contribution in [3.63, 3.8) is 0 Å². The van der Waals surface area contributed by atoms with Gasteiger partial charge in [-0.1, -0.05) is 18.2 Å². The number of hydrogen-bond donors (Lipinski definition) is 1. The average molecular weight is 239 g/mol. The highest BCUT2D eigenvalue weighted by molar-refractivity contribution is 5.66. The predicted octanol–water partition coefficient (Wildman–Crippen LogP) is 2.99. The summed E-state index contributed by atoms with van der Waals surface area (Å²) in [5, 5.41) is 6.26. The van der Waals surface area contributed by atoms with Gasteiger partial charge in [-0.2, -0.15) is 18.3 Å². The Morgan fingerprint density at radius 2 is 1.76 bits per heavy atom. The maximum Gasteiger partial charge on any atom is 0.416 e. The van der Waals surface area contributed by atoms with E-state index in [4.69, 9.17) is 0 Å². The fourth-order valence-electron chi connectivity index (χ4n) is 1.25. The lowest BCUT2D eigenvalue weighted by Gasteiger charge is -2.05. The summed E-state index contributed by atoms with van der Waals surface area (Å²) in [4.78, 5) is 3.85. The normalized spacial score (nSPS) is 12.2. The number of benzene rings is 1. The van der Waals surface area contributed by atoms with Gasteiger partial charge in [-0.3, -0.25) is 5.10 Å². The minimum atomic E-state index is -4.30. The maximum atomic E-state index is 12.3. The smallest absolute Gasteiger partial charge is 0.260 e. The first-order valence-corrected chi connectivity index (χ1v) is 4.76. The van der Waals surface area contributed by atoms with Crippen LogP contribution in [0.25, 0.3) is 12.2 Å². The molecule has 0 aliphatic rings. The van der Waals surface area contributed by atoms with Crippen molar-refractivity contribution in [3.8, 4) is 0 Å². The number of rotatable bonds is 2. The van der Waals surface area contributed by atoms with E-state index >= 15 is 0 Å². The van der Waals surface area contributed by atoms with Gasteiger partial charge in [0.2, 0.25) is 0 Å². The highest BCUT2D eigenvalue weighted by Gasteiger charge is 2.29. The van der Waals surface area contributed by atoms with Gasteiger partial charge in [0.1, 0.15) is 12.2 Å². The van der Waals surface area contributed by atoms with E-state index in [0.29, 0.717) is 11.4 Å². The summed E-state index contributed by atoms with van der Waals surface area (Å²) >= 11 is 0. The molecular weight excluding hydrogens is 231 g/mol. The van der Waals surface area contributed by atoms with Crippen molar-refractivity contribution in [1.29, 1.82) is 0 Å². The van der Waals surface area contributed by atoms with Crippen molar-refractivity contribution in [3.05, 3.63) is 47.5 Å². The molecule has 0 amide bonds. The topological polar surface area (TPSA) is 41.6 Å². The number of aromatic nitrogens is 3. The Labute approximate surface area is 95.0 Å². The van der Waals surface area contributed by atoms with Crippen LogP contribution in [-0.4, -0.2) is 15.2 Å². The van der Waals surface area contributed by atoms with Crippen molar-refractivity contribution < 1.29 is 13.2 Å². The van der Waals surface area contributed by atoms with Crippen molar-refractivity contribution in [2.45, 2.75) is 6.18 Å². The zero-order valence-corrected chi connectivity index (χ0v) is 8.57. The van der Waals surface area contributed by atoms with Crippen LogP contribution in [0.2, 0.25) is 0 Å². The summed E-state index contributed by atoms with van der Waals surface area (Å²) in [5.74, 6) is 0.546. The highest BCUT2D eigenvalue weighted by Crippen LogP contribution is 2.29. The second-order valence-corrected chi connectivity index (χ2v) is 3.32.